The number of aliphatic hydroxyl groups is 1. The zero-order valence-electron chi connectivity index (χ0n) is 17.6. The predicted molar refractivity (Wildman–Crippen MR) is 118 cm³/mol. The molecule has 0 aliphatic carbocycles. The van der Waals surface area contributed by atoms with E-state index < -0.39 is 0 Å². The van der Waals surface area contributed by atoms with Crippen molar-refractivity contribution in [3.63, 3.8) is 0 Å². The molecule has 1 fully saturated rings. The third-order valence-electron chi connectivity index (χ3n) is 6.53. The quantitative estimate of drug-likeness (QED) is 0.755. The van der Waals surface area contributed by atoms with Gasteiger partial charge < -0.3 is 10.4 Å². The van der Waals surface area contributed by atoms with Crippen LogP contribution in [-0.2, 0) is 19.5 Å². The van der Waals surface area contributed by atoms with Crippen LogP contribution in [0, 0.1) is 0 Å². The van der Waals surface area contributed by atoms with Crippen LogP contribution in [0.15, 0.2) is 42.6 Å². The molecule has 5 heteroatoms. The molecule has 5 nitrogen and oxygen atoms in total. The lowest BCUT2D eigenvalue weighted by Gasteiger charge is -2.40. The number of nitrogens with one attached hydrogen (secondary N) is 1. The third-order valence-corrected chi connectivity index (χ3v) is 6.53. The van der Waals surface area contributed by atoms with Crippen LogP contribution in [0.5, 0.6) is 0 Å². The smallest absolute Gasteiger partial charge is 0.126 e. The summed E-state index contributed by atoms with van der Waals surface area (Å²) in [5.41, 5.74) is 4.32. The van der Waals surface area contributed by atoms with Gasteiger partial charge in [0, 0.05) is 31.9 Å². The molecule has 4 rings (SSSR count). The van der Waals surface area contributed by atoms with E-state index in [9.17, 15) is 5.11 Å². The van der Waals surface area contributed by atoms with Crippen molar-refractivity contribution in [3.8, 4) is 0 Å². The summed E-state index contributed by atoms with van der Waals surface area (Å²) in [6.45, 7) is 7.81. The molecule has 0 bridgehead atoms. The van der Waals surface area contributed by atoms with Crippen LogP contribution >= 0.6 is 0 Å². The van der Waals surface area contributed by atoms with Gasteiger partial charge >= 0.3 is 0 Å². The Morgan fingerprint density at radius 1 is 1.10 bits per heavy atom. The molecular formula is C24H34N4O. The van der Waals surface area contributed by atoms with Crippen molar-refractivity contribution in [1.82, 2.24) is 14.8 Å². The van der Waals surface area contributed by atoms with Crippen LogP contribution in [-0.4, -0.2) is 58.2 Å². The summed E-state index contributed by atoms with van der Waals surface area (Å²) in [7, 11) is 0. The number of rotatable bonds is 7. The Balaban J connectivity index is 1.25. The molecule has 0 spiro atoms. The van der Waals surface area contributed by atoms with Gasteiger partial charge in [-0.2, -0.15) is 0 Å². The first-order valence-electron chi connectivity index (χ1n) is 11.1. The molecule has 1 aromatic carbocycles. The Hall–Kier alpha value is -1.95. The molecule has 2 aliphatic rings. The molecular weight excluding hydrogens is 360 g/mol. The van der Waals surface area contributed by atoms with E-state index in [4.69, 9.17) is 0 Å². The zero-order chi connectivity index (χ0) is 20.1. The van der Waals surface area contributed by atoms with Gasteiger partial charge in [0.1, 0.15) is 5.82 Å². The molecule has 0 amide bonds. The number of aliphatic hydroxyl groups excluding tert-OH is 1. The number of piperidine rings is 1. The lowest BCUT2D eigenvalue weighted by molar-refractivity contribution is 0.0948. The highest BCUT2D eigenvalue weighted by molar-refractivity contribution is 5.36. The van der Waals surface area contributed by atoms with Gasteiger partial charge in [-0.1, -0.05) is 37.3 Å². The summed E-state index contributed by atoms with van der Waals surface area (Å²) in [5.74, 6) is 0.846. The SMILES string of the molecule is CCC(CO)Nc1ccc(CN2CCC(N3CCc4ccccc4C3)CC2)cn1. The molecule has 1 saturated heterocycles. The van der Waals surface area contributed by atoms with E-state index in [0.717, 1.165) is 38.4 Å². The van der Waals surface area contributed by atoms with E-state index in [-0.39, 0.29) is 12.6 Å². The number of benzene rings is 1. The molecule has 0 radical (unpaired) electrons. The minimum atomic E-state index is 0.0779. The second kappa shape index (κ2) is 9.70. The van der Waals surface area contributed by atoms with Gasteiger partial charge in [-0.25, -0.2) is 4.98 Å². The highest BCUT2D eigenvalue weighted by atomic mass is 16.3. The standard InChI is InChI=1S/C24H34N4O/c1-2-22(18-29)26-24-8-7-19(15-25-24)16-27-12-10-23(11-13-27)28-14-9-20-5-3-4-6-21(20)17-28/h3-8,15,22-23,29H,2,9-14,16-18H2,1H3,(H,25,26). The van der Waals surface area contributed by atoms with E-state index in [1.807, 2.05) is 12.3 Å². The van der Waals surface area contributed by atoms with E-state index in [0.29, 0.717) is 6.04 Å². The van der Waals surface area contributed by atoms with Crippen molar-refractivity contribution in [2.75, 3.05) is 31.6 Å². The minimum absolute atomic E-state index is 0.0779. The molecule has 1 unspecified atom stereocenters. The lowest BCUT2D eigenvalue weighted by atomic mass is 9.95. The highest BCUT2D eigenvalue weighted by Crippen LogP contribution is 2.25. The summed E-state index contributed by atoms with van der Waals surface area (Å²) in [6.07, 6.45) is 6.56. The topological polar surface area (TPSA) is 51.6 Å². The predicted octanol–water partition coefficient (Wildman–Crippen LogP) is 3.29. The third kappa shape index (κ3) is 5.16. The largest absolute Gasteiger partial charge is 0.394 e. The second-order valence-corrected chi connectivity index (χ2v) is 8.48. The van der Waals surface area contributed by atoms with Gasteiger partial charge in [-0.05, 0) is 61.5 Å². The average Bonchev–Trinajstić information content (AvgIpc) is 2.79. The Morgan fingerprint density at radius 3 is 2.59 bits per heavy atom. The normalized spacial score (nSPS) is 19.7. The molecule has 3 heterocycles. The summed E-state index contributed by atoms with van der Waals surface area (Å²) >= 11 is 0. The van der Waals surface area contributed by atoms with Gasteiger partial charge in [-0.15, -0.1) is 0 Å². The first kappa shape index (κ1) is 20.3. The van der Waals surface area contributed by atoms with E-state index in [1.54, 1.807) is 0 Å². The van der Waals surface area contributed by atoms with Gasteiger partial charge in [0.25, 0.3) is 0 Å². The summed E-state index contributed by atoms with van der Waals surface area (Å²) in [5, 5.41) is 12.6. The van der Waals surface area contributed by atoms with Crippen molar-refractivity contribution in [2.45, 2.75) is 57.8 Å². The fourth-order valence-corrected chi connectivity index (χ4v) is 4.62. The summed E-state index contributed by atoms with van der Waals surface area (Å²) < 4.78 is 0. The summed E-state index contributed by atoms with van der Waals surface area (Å²) in [6, 6.07) is 13.9. The lowest BCUT2D eigenvalue weighted by Crippen LogP contribution is -2.46. The molecule has 1 atom stereocenters. The number of nitrogens with zero attached hydrogens (tertiary/aromatic N) is 3. The Kier molecular flexibility index (Phi) is 6.80. The van der Waals surface area contributed by atoms with E-state index in [2.05, 4.69) is 57.4 Å². The molecule has 2 aliphatic heterocycles. The van der Waals surface area contributed by atoms with Crippen molar-refractivity contribution >= 4 is 5.82 Å². The number of anilines is 1. The Morgan fingerprint density at radius 2 is 1.90 bits per heavy atom. The average molecular weight is 395 g/mol. The van der Waals surface area contributed by atoms with Crippen molar-refractivity contribution in [3.05, 3.63) is 59.3 Å². The van der Waals surface area contributed by atoms with Gasteiger partial charge in [0.05, 0.1) is 12.6 Å². The number of pyridine rings is 1. The number of likely N-dealkylation sites (tertiary alicyclic amines) is 1. The Bertz CT molecular complexity index is 767. The van der Waals surface area contributed by atoms with Crippen molar-refractivity contribution in [1.29, 1.82) is 0 Å². The number of aromatic nitrogens is 1. The fourth-order valence-electron chi connectivity index (χ4n) is 4.62. The van der Waals surface area contributed by atoms with Gasteiger partial charge in [0.15, 0.2) is 0 Å². The molecule has 1 aromatic heterocycles. The van der Waals surface area contributed by atoms with E-state index in [1.165, 1.54) is 42.5 Å². The number of fused-ring (bicyclic) bond motifs is 1. The minimum Gasteiger partial charge on any atom is -0.394 e. The fraction of sp³-hybridized carbons (Fsp3) is 0.542. The molecule has 156 valence electrons. The van der Waals surface area contributed by atoms with Crippen LogP contribution in [0.4, 0.5) is 5.82 Å². The zero-order valence-corrected chi connectivity index (χ0v) is 17.6. The van der Waals surface area contributed by atoms with Crippen molar-refractivity contribution in [2.24, 2.45) is 0 Å². The maximum absolute atomic E-state index is 9.32. The molecule has 29 heavy (non-hydrogen) atoms. The molecule has 2 N–H and O–H groups in total. The van der Waals surface area contributed by atoms with Crippen LogP contribution in [0.2, 0.25) is 0 Å². The maximum atomic E-state index is 9.32. The summed E-state index contributed by atoms with van der Waals surface area (Å²) in [4.78, 5) is 9.79. The highest BCUT2D eigenvalue weighted by Gasteiger charge is 2.27. The Labute approximate surface area is 174 Å². The molecule has 2 aromatic rings. The van der Waals surface area contributed by atoms with Crippen LogP contribution in [0.1, 0.15) is 42.9 Å². The molecule has 0 saturated carbocycles. The monoisotopic (exact) mass is 394 g/mol. The van der Waals surface area contributed by atoms with Gasteiger partial charge in [0.2, 0.25) is 0 Å². The van der Waals surface area contributed by atoms with Crippen LogP contribution in [0.3, 0.4) is 0 Å². The number of hydrogen-bond donors (Lipinski definition) is 2. The second-order valence-electron chi connectivity index (χ2n) is 8.48. The van der Waals surface area contributed by atoms with Crippen LogP contribution in [0.25, 0.3) is 0 Å². The van der Waals surface area contributed by atoms with Gasteiger partial charge in [-0.3, -0.25) is 9.80 Å². The van der Waals surface area contributed by atoms with E-state index >= 15 is 0 Å². The maximum Gasteiger partial charge on any atom is 0.126 e. The van der Waals surface area contributed by atoms with Crippen LogP contribution < -0.4 is 5.32 Å². The first-order chi connectivity index (χ1) is 14.2. The first-order valence-corrected chi connectivity index (χ1v) is 11.1. The number of hydrogen-bond acceptors (Lipinski definition) is 5. The van der Waals surface area contributed by atoms with Crippen molar-refractivity contribution < 1.29 is 5.11 Å².